The molecule has 0 saturated carbocycles. The number of piperidine rings is 1. The van der Waals surface area contributed by atoms with Crippen molar-refractivity contribution >= 4 is 35.2 Å². The van der Waals surface area contributed by atoms with Crippen LogP contribution in [-0.2, 0) is 11.2 Å². The Hall–Kier alpha value is -2.44. The first-order chi connectivity index (χ1) is 16.2. The van der Waals surface area contributed by atoms with Crippen molar-refractivity contribution in [1.82, 2.24) is 9.80 Å². The number of carbonyl (C=O) groups is 2. The van der Waals surface area contributed by atoms with E-state index in [0.717, 1.165) is 28.9 Å². The first-order valence-corrected chi connectivity index (χ1v) is 12.5. The average molecular weight is 505 g/mol. The number of hydrogen-bond acceptors (Lipinski definition) is 3. The van der Waals surface area contributed by atoms with Gasteiger partial charge in [-0.3, -0.25) is 4.79 Å². The van der Waals surface area contributed by atoms with Gasteiger partial charge in [-0.25, -0.2) is 4.79 Å². The average Bonchev–Trinajstić information content (AvgIpc) is 3.16. The molecular weight excluding hydrogens is 475 g/mol. The van der Waals surface area contributed by atoms with Crippen LogP contribution in [0.2, 0.25) is 10.0 Å². The van der Waals surface area contributed by atoms with Gasteiger partial charge in [0, 0.05) is 41.6 Å². The van der Waals surface area contributed by atoms with Crippen LogP contribution in [0.25, 0.3) is 11.1 Å². The molecule has 1 unspecified atom stereocenters. The molecule has 1 N–H and O–H groups in total. The van der Waals surface area contributed by atoms with Gasteiger partial charge in [-0.05, 0) is 80.5 Å². The number of rotatable bonds is 6. The number of halogens is 2. The van der Waals surface area contributed by atoms with Crippen LogP contribution >= 0.6 is 23.2 Å². The van der Waals surface area contributed by atoms with Crippen molar-refractivity contribution in [1.29, 1.82) is 0 Å². The predicted octanol–water partition coefficient (Wildman–Crippen LogP) is 5.98. The highest BCUT2D eigenvalue weighted by atomic mass is 35.5. The van der Waals surface area contributed by atoms with E-state index >= 15 is 0 Å². The number of carboxylic acid groups (broad SMARTS) is 1. The summed E-state index contributed by atoms with van der Waals surface area (Å²) >= 11 is 13.3. The second kappa shape index (κ2) is 10.4. The van der Waals surface area contributed by atoms with E-state index in [1.807, 2.05) is 55.1 Å². The Morgan fingerprint density at radius 3 is 2.21 bits per heavy atom. The SMILES string of the molecule is CC(C)Oc1ccc(-c2cc(Cl)c(CC3CCN(C4CCN(C(=O)O)CC4)C3=O)c(Cl)c2)cc1. The van der Waals surface area contributed by atoms with Gasteiger partial charge in [0.25, 0.3) is 0 Å². The highest BCUT2D eigenvalue weighted by Gasteiger charge is 2.38. The second-order valence-electron chi connectivity index (χ2n) is 9.33. The van der Waals surface area contributed by atoms with Gasteiger partial charge in [-0.15, -0.1) is 0 Å². The van der Waals surface area contributed by atoms with Gasteiger partial charge in [0.15, 0.2) is 0 Å². The molecule has 2 aromatic carbocycles. The lowest BCUT2D eigenvalue weighted by Crippen LogP contribution is -2.47. The quantitative estimate of drug-likeness (QED) is 0.525. The van der Waals surface area contributed by atoms with Crippen LogP contribution < -0.4 is 4.74 Å². The standard InChI is InChI=1S/C26H30Cl2N2O4/c1-16(2)34-21-5-3-17(4-6-21)19-14-23(27)22(24(28)15-19)13-18-7-12-30(25(18)31)20-8-10-29(11-9-20)26(32)33/h3-6,14-16,18,20H,7-13H2,1-2H3,(H,32,33). The lowest BCUT2D eigenvalue weighted by Gasteiger charge is -2.35. The van der Waals surface area contributed by atoms with Gasteiger partial charge in [0.1, 0.15) is 5.75 Å². The Labute approximate surface area is 210 Å². The maximum atomic E-state index is 13.1. The Morgan fingerprint density at radius 1 is 1.03 bits per heavy atom. The number of likely N-dealkylation sites (tertiary alicyclic amines) is 2. The molecule has 2 aliphatic heterocycles. The molecular formula is C26H30Cl2N2O4. The van der Waals surface area contributed by atoms with Gasteiger partial charge in [-0.2, -0.15) is 0 Å². The number of hydrogen-bond donors (Lipinski definition) is 1. The number of ether oxygens (including phenoxy) is 1. The minimum atomic E-state index is -0.892. The number of nitrogens with zero attached hydrogens (tertiary/aromatic N) is 2. The molecule has 0 bridgehead atoms. The highest BCUT2D eigenvalue weighted by Crippen LogP contribution is 2.36. The third kappa shape index (κ3) is 5.44. The van der Waals surface area contributed by atoms with E-state index in [1.165, 1.54) is 4.90 Å². The third-order valence-electron chi connectivity index (χ3n) is 6.68. The van der Waals surface area contributed by atoms with E-state index in [1.54, 1.807) is 0 Å². The molecule has 0 aliphatic carbocycles. The number of carbonyl (C=O) groups excluding carboxylic acids is 1. The normalized spacial score (nSPS) is 19.2. The molecule has 2 amide bonds. The lowest BCUT2D eigenvalue weighted by molar-refractivity contribution is -0.133. The number of amides is 2. The summed E-state index contributed by atoms with van der Waals surface area (Å²) in [6.07, 6.45) is 1.84. The maximum absolute atomic E-state index is 13.1. The molecule has 2 saturated heterocycles. The van der Waals surface area contributed by atoms with E-state index in [2.05, 4.69) is 0 Å². The molecule has 2 fully saturated rings. The molecule has 4 rings (SSSR count). The van der Waals surface area contributed by atoms with Crippen molar-refractivity contribution in [3.8, 4) is 16.9 Å². The second-order valence-corrected chi connectivity index (χ2v) is 10.1. The third-order valence-corrected chi connectivity index (χ3v) is 7.35. The summed E-state index contributed by atoms with van der Waals surface area (Å²) in [5, 5.41) is 10.3. The summed E-state index contributed by atoms with van der Waals surface area (Å²) in [5.74, 6) is 0.766. The van der Waals surface area contributed by atoms with E-state index in [4.69, 9.17) is 33.0 Å². The van der Waals surface area contributed by atoms with Crippen LogP contribution in [0.4, 0.5) is 4.79 Å². The minimum absolute atomic E-state index is 0.101. The molecule has 2 aliphatic rings. The van der Waals surface area contributed by atoms with Crippen LogP contribution in [-0.4, -0.2) is 58.7 Å². The molecule has 2 aromatic rings. The zero-order valence-corrected chi connectivity index (χ0v) is 21.0. The van der Waals surface area contributed by atoms with E-state index < -0.39 is 6.09 Å². The van der Waals surface area contributed by atoms with Crippen LogP contribution in [0.1, 0.15) is 38.7 Å². The van der Waals surface area contributed by atoms with Gasteiger partial charge >= 0.3 is 6.09 Å². The van der Waals surface area contributed by atoms with Gasteiger partial charge < -0.3 is 19.6 Å². The molecule has 1 atom stereocenters. The summed E-state index contributed by atoms with van der Waals surface area (Å²) in [6, 6.07) is 11.7. The summed E-state index contributed by atoms with van der Waals surface area (Å²) in [6.45, 7) is 5.61. The monoisotopic (exact) mass is 504 g/mol. The Morgan fingerprint density at radius 2 is 1.65 bits per heavy atom. The topological polar surface area (TPSA) is 70.1 Å². The smallest absolute Gasteiger partial charge is 0.407 e. The molecule has 2 heterocycles. The first kappa shape index (κ1) is 24.7. The molecule has 6 nitrogen and oxygen atoms in total. The zero-order valence-electron chi connectivity index (χ0n) is 19.5. The van der Waals surface area contributed by atoms with Crippen LogP contribution in [0.5, 0.6) is 5.75 Å². The summed E-state index contributed by atoms with van der Waals surface area (Å²) in [4.78, 5) is 27.6. The molecule has 8 heteroatoms. The molecule has 0 radical (unpaired) electrons. The van der Waals surface area contributed by atoms with Crippen molar-refractivity contribution < 1.29 is 19.4 Å². The summed E-state index contributed by atoms with van der Waals surface area (Å²) in [7, 11) is 0. The van der Waals surface area contributed by atoms with Crippen LogP contribution in [0.3, 0.4) is 0 Å². The van der Waals surface area contributed by atoms with Crippen molar-refractivity contribution in [2.24, 2.45) is 5.92 Å². The van der Waals surface area contributed by atoms with Gasteiger partial charge in [0.2, 0.25) is 5.91 Å². The molecule has 0 spiro atoms. The van der Waals surface area contributed by atoms with Crippen molar-refractivity contribution in [2.45, 2.75) is 51.7 Å². The largest absolute Gasteiger partial charge is 0.491 e. The molecule has 182 valence electrons. The van der Waals surface area contributed by atoms with Crippen molar-refractivity contribution in [3.63, 3.8) is 0 Å². The van der Waals surface area contributed by atoms with Gasteiger partial charge in [-0.1, -0.05) is 35.3 Å². The number of benzene rings is 2. The predicted molar refractivity (Wildman–Crippen MR) is 134 cm³/mol. The van der Waals surface area contributed by atoms with Crippen molar-refractivity contribution in [3.05, 3.63) is 52.0 Å². The summed E-state index contributed by atoms with van der Waals surface area (Å²) in [5.41, 5.74) is 2.70. The Balaban J connectivity index is 1.42. The fourth-order valence-corrected chi connectivity index (χ4v) is 5.53. The van der Waals surface area contributed by atoms with E-state index in [-0.39, 0.29) is 24.0 Å². The first-order valence-electron chi connectivity index (χ1n) is 11.8. The highest BCUT2D eigenvalue weighted by molar-refractivity contribution is 6.36. The molecule has 34 heavy (non-hydrogen) atoms. The van der Waals surface area contributed by atoms with Crippen molar-refractivity contribution in [2.75, 3.05) is 19.6 Å². The van der Waals surface area contributed by atoms with Crippen LogP contribution in [0, 0.1) is 5.92 Å². The lowest BCUT2D eigenvalue weighted by atomic mass is 9.95. The molecule has 0 aromatic heterocycles. The Kier molecular flexibility index (Phi) is 7.58. The zero-order chi connectivity index (χ0) is 24.4. The Bertz CT molecular complexity index is 1030. The maximum Gasteiger partial charge on any atom is 0.407 e. The fourth-order valence-electron chi connectivity index (χ4n) is 4.89. The fraction of sp³-hybridized carbons (Fsp3) is 0.462. The van der Waals surface area contributed by atoms with E-state index in [0.29, 0.717) is 48.9 Å². The van der Waals surface area contributed by atoms with Crippen LogP contribution in [0.15, 0.2) is 36.4 Å². The summed E-state index contributed by atoms with van der Waals surface area (Å²) < 4.78 is 5.71. The van der Waals surface area contributed by atoms with Gasteiger partial charge in [0.05, 0.1) is 6.10 Å². The van der Waals surface area contributed by atoms with E-state index in [9.17, 15) is 9.59 Å². The minimum Gasteiger partial charge on any atom is -0.491 e.